The smallest absolute Gasteiger partial charge is 0.254 e. The van der Waals surface area contributed by atoms with Crippen LogP contribution in [0.25, 0.3) is 0 Å². The number of carbonyl (C=O) groups excluding carboxylic acids is 1. The zero-order chi connectivity index (χ0) is 21.0. The largest absolute Gasteiger partial charge is 0.494 e. The third-order valence-electron chi connectivity index (χ3n) is 4.87. The van der Waals surface area contributed by atoms with E-state index in [0.717, 1.165) is 6.42 Å². The summed E-state index contributed by atoms with van der Waals surface area (Å²) in [4.78, 5) is 14.6. The van der Waals surface area contributed by atoms with Gasteiger partial charge in [-0.1, -0.05) is 24.6 Å². The molecule has 2 aromatic rings. The van der Waals surface area contributed by atoms with Crippen molar-refractivity contribution in [1.29, 1.82) is 0 Å². The van der Waals surface area contributed by atoms with Gasteiger partial charge in [0.05, 0.1) is 24.7 Å². The molecule has 1 unspecified atom stereocenters. The van der Waals surface area contributed by atoms with Crippen molar-refractivity contribution in [1.82, 2.24) is 4.90 Å². The summed E-state index contributed by atoms with van der Waals surface area (Å²) in [5.74, 6) is -0.373. The Bertz CT molecular complexity index is 958. The molecule has 0 radical (unpaired) electrons. The lowest BCUT2D eigenvalue weighted by atomic mass is 10.1. The topological polar surface area (TPSA) is 63.7 Å². The molecule has 1 atom stereocenters. The van der Waals surface area contributed by atoms with Crippen LogP contribution in [-0.2, 0) is 16.4 Å². The molecule has 2 aromatic carbocycles. The highest BCUT2D eigenvalue weighted by molar-refractivity contribution is 7.91. The third kappa shape index (κ3) is 5.28. The van der Waals surface area contributed by atoms with E-state index in [2.05, 4.69) is 0 Å². The van der Waals surface area contributed by atoms with Crippen LogP contribution in [0.3, 0.4) is 0 Å². The van der Waals surface area contributed by atoms with Crippen LogP contribution in [0.2, 0.25) is 5.02 Å². The van der Waals surface area contributed by atoms with E-state index in [9.17, 15) is 17.6 Å². The summed E-state index contributed by atoms with van der Waals surface area (Å²) in [6.45, 7) is 2.48. The van der Waals surface area contributed by atoms with Gasteiger partial charge in [-0.15, -0.1) is 0 Å². The second-order valence-electron chi connectivity index (χ2n) is 7.06. The standard InChI is InChI=1S/C21H23ClFNO4S/c1-2-11-28-17-8-6-15(7-9-17)21(25)24(16-10-12-29(26,27)14-16)13-18-19(22)4-3-5-20(18)23/h3-9,16H,2,10-14H2,1H3. The fourth-order valence-corrected chi connectivity index (χ4v) is 5.27. The van der Waals surface area contributed by atoms with Gasteiger partial charge >= 0.3 is 0 Å². The molecule has 1 aliphatic heterocycles. The average molecular weight is 440 g/mol. The van der Waals surface area contributed by atoms with Gasteiger partial charge in [0, 0.05) is 22.2 Å². The van der Waals surface area contributed by atoms with Crippen molar-refractivity contribution in [3.05, 3.63) is 64.4 Å². The minimum absolute atomic E-state index is 0.0102. The fourth-order valence-electron chi connectivity index (χ4n) is 3.32. The van der Waals surface area contributed by atoms with Gasteiger partial charge in [0.1, 0.15) is 11.6 Å². The van der Waals surface area contributed by atoms with Crippen LogP contribution in [0.5, 0.6) is 5.75 Å². The van der Waals surface area contributed by atoms with E-state index >= 15 is 0 Å². The predicted molar refractivity (Wildman–Crippen MR) is 111 cm³/mol. The molecule has 3 rings (SSSR count). The first kappa shape index (κ1) is 21.6. The molecule has 0 bridgehead atoms. The van der Waals surface area contributed by atoms with Crippen LogP contribution in [0.4, 0.5) is 4.39 Å². The van der Waals surface area contributed by atoms with Gasteiger partial charge in [0.25, 0.3) is 5.91 Å². The molecule has 156 valence electrons. The Labute approximate surface area is 175 Å². The number of sulfone groups is 1. The van der Waals surface area contributed by atoms with E-state index in [1.165, 1.54) is 17.0 Å². The van der Waals surface area contributed by atoms with E-state index in [4.69, 9.17) is 16.3 Å². The summed E-state index contributed by atoms with van der Waals surface area (Å²) in [7, 11) is -3.23. The van der Waals surface area contributed by atoms with Crippen molar-refractivity contribution < 1.29 is 22.3 Å². The van der Waals surface area contributed by atoms with Crippen molar-refractivity contribution in [3.63, 3.8) is 0 Å². The zero-order valence-electron chi connectivity index (χ0n) is 16.1. The number of rotatable bonds is 7. The number of halogens is 2. The first-order valence-electron chi connectivity index (χ1n) is 9.48. The van der Waals surface area contributed by atoms with Gasteiger partial charge in [-0.25, -0.2) is 12.8 Å². The van der Waals surface area contributed by atoms with Gasteiger partial charge in [0.15, 0.2) is 9.84 Å². The Balaban J connectivity index is 1.89. The molecule has 8 heteroatoms. The van der Waals surface area contributed by atoms with Crippen molar-refractivity contribution in [2.24, 2.45) is 0 Å². The molecular formula is C21H23ClFNO4S. The van der Waals surface area contributed by atoms with Crippen molar-refractivity contribution in [3.8, 4) is 5.75 Å². The molecule has 0 saturated carbocycles. The van der Waals surface area contributed by atoms with Gasteiger partial charge in [-0.3, -0.25) is 4.79 Å². The third-order valence-corrected chi connectivity index (χ3v) is 6.98. The fraction of sp³-hybridized carbons (Fsp3) is 0.381. The lowest BCUT2D eigenvalue weighted by molar-refractivity contribution is 0.0679. The first-order chi connectivity index (χ1) is 13.8. The summed E-state index contributed by atoms with van der Waals surface area (Å²) < 4.78 is 43.8. The number of amides is 1. The quantitative estimate of drug-likeness (QED) is 0.651. The maximum Gasteiger partial charge on any atom is 0.254 e. The molecule has 0 N–H and O–H groups in total. The number of benzene rings is 2. The van der Waals surface area contributed by atoms with Crippen LogP contribution < -0.4 is 4.74 Å². The average Bonchev–Trinajstić information content (AvgIpc) is 3.05. The molecule has 1 aliphatic rings. The monoisotopic (exact) mass is 439 g/mol. The summed E-state index contributed by atoms with van der Waals surface area (Å²) >= 11 is 6.14. The lowest BCUT2D eigenvalue weighted by Crippen LogP contribution is -2.41. The molecular weight excluding hydrogens is 417 g/mol. The van der Waals surface area contributed by atoms with Crippen molar-refractivity contribution in [2.75, 3.05) is 18.1 Å². The maximum absolute atomic E-state index is 14.3. The summed E-state index contributed by atoms with van der Waals surface area (Å²) in [5, 5.41) is 0.201. The molecule has 1 fully saturated rings. The van der Waals surface area contributed by atoms with E-state index < -0.39 is 21.7 Å². The van der Waals surface area contributed by atoms with Crippen molar-refractivity contribution >= 4 is 27.3 Å². The normalized spacial score (nSPS) is 17.8. The predicted octanol–water partition coefficient (Wildman–Crippen LogP) is 4.10. The maximum atomic E-state index is 14.3. The zero-order valence-corrected chi connectivity index (χ0v) is 17.7. The second-order valence-corrected chi connectivity index (χ2v) is 9.70. The van der Waals surface area contributed by atoms with Gasteiger partial charge in [-0.05, 0) is 49.2 Å². The van der Waals surface area contributed by atoms with Crippen LogP contribution in [-0.4, -0.2) is 43.4 Å². The summed E-state index contributed by atoms with van der Waals surface area (Å²) in [5.41, 5.74) is 0.556. The molecule has 5 nitrogen and oxygen atoms in total. The molecule has 0 aliphatic carbocycles. The number of carbonyl (C=O) groups is 1. The number of hydrogen-bond acceptors (Lipinski definition) is 4. The first-order valence-corrected chi connectivity index (χ1v) is 11.7. The number of nitrogens with zero attached hydrogens (tertiary/aromatic N) is 1. The Hall–Kier alpha value is -2.12. The Morgan fingerprint density at radius 2 is 1.97 bits per heavy atom. The van der Waals surface area contributed by atoms with E-state index in [0.29, 0.717) is 24.3 Å². The van der Waals surface area contributed by atoms with Crippen LogP contribution in [0, 0.1) is 5.82 Å². The van der Waals surface area contributed by atoms with E-state index in [1.807, 2.05) is 6.92 Å². The summed E-state index contributed by atoms with van der Waals surface area (Å²) in [6.07, 6.45) is 1.19. The molecule has 1 heterocycles. The van der Waals surface area contributed by atoms with Gasteiger partial charge in [-0.2, -0.15) is 0 Å². The Kier molecular flexibility index (Phi) is 6.80. The SMILES string of the molecule is CCCOc1ccc(C(=O)N(Cc2c(F)cccc2Cl)C2CCS(=O)(=O)C2)cc1. The van der Waals surface area contributed by atoms with Crippen molar-refractivity contribution in [2.45, 2.75) is 32.4 Å². The highest BCUT2D eigenvalue weighted by atomic mass is 35.5. The summed E-state index contributed by atoms with van der Waals surface area (Å²) in [6, 6.07) is 10.4. The Morgan fingerprint density at radius 3 is 2.55 bits per heavy atom. The molecule has 0 aromatic heterocycles. The van der Waals surface area contributed by atoms with E-state index in [-0.39, 0.29) is 34.5 Å². The van der Waals surface area contributed by atoms with Gasteiger partial charge < -0.3 is 9.64 Å². The number of ether oxygens (including phenoxy) is 1. The minimum atomic E-state index is -3.23. The van der Waals surface area contributed by atoms with Crippen LogP contribution in [0.15, 0.2) is 42.5 Å². The highest BCUT2D eigenvalue weighted by Gasteiger charge is 2.35. The second kappa shape index (κ2) is 9.13. The lowest BCUT2D eigenvalue weighted by Gasteiger charge is -2.29. The molecule has 1 saturated heterocycles. The highest BCUT2D eigenvalue weighted by Crippen LogP contribution is 2.27. The minimum Gasteiger partial charge on any atom is -0.494 e. The Morgan fingerprint density at radius 1 is 1.24 bits per heavy atom. The molecule has 1 amide bonds. The van der Waals surface area contributed by atoms with Crippen LogP contribution in [0.1, 0.15) is 35.7 Å². The molecule has 29 heavy (non-hydrogen) atoms. The van der Waals surface area contributed by atoms with E-state index in [1.54, 1.807) is 30.3 Å². The number of hydrogen-bond donors (Lipinski definition) is 0. The molecule has 0 spiro atoms. The van der Waals surface area contributed by atoms with Gasteiger partial charge in [0.2, 0.25) is 0 Å². The van der Waals surface area contributed by atoms with Crippen LogP contribution >= 0.6 is 11.6 Å².